The van der Waals surface area contributed by atoms with E-state index in [0.29, 0.717) is 0 Å². The Morgan fingerprint density at radius 3 is 1.60 bits per heavy atom. The molecule has 0 heterocycles. The second-order valence-corrected chi connectivity index (χ2v) is 7.48. The van der Waals surface area contributed by atoms with E-state index in [4.69, 9.17) is 0 Å². The highest BCUT2D eigenvalue weighted by Crippen LogP contribution is 2.34. The standard InChI is InChI=1S/C12H22S3/c1-3-5-7-9-11-13-15-14-12-10-8-6-4-2/h7-10H,3-6,11-12H2,1-2H3/b9-7+,10-8+. The van der Waals surface area contributed by atoms with Crippen LogP contribution >= 0.6 is 31.4 Å². The summed E-state index contributed by atoms with van der Waals surface area (Å²) in [6.45, 7) is 4.43. The summed E-state index contributed by atoms with van der Waals surface area (Å²) >= 11 is 0. The molecule has 0 rings (SSSR count). The fraction of sp³-hybridized carbons (Fsp3) is 0.667. The molecule has 0 aromatic heterocycles. The van der Waals surface area contributed by atoms with Crippen LogP contribution in [0.4, 0.5) is 0 Å². The van der Waals surface area contributed by atoms with Crippen molar-refractivity contribution in [1.82, 2.24) is 0 Å². The van der Waals surface area contributed by atoms with Crippen molar-refractivity contribution in [2.45, 2.75) is 39.5 Å². The molecule has 0 nitrogen and oxygen atoms in total. The smallest absolute Gasteiger partial charge is 0.0226 e. The van der Waals surface area contributed by atoms with Gasteiger partial charge in [-0.25, -0.2) is 0 Å². The molecule has 0 aromatic carbocycles. The molecule has 0 aliphatic rings. The number of hydrogen-bond acceptors (Lipinski definition) is 3. The Hall–Kier alpha value is 0.530. The summed E-state index contributed by atoms with van der Waals surface area (Å²) in [5.74, 6) is 2.27. The van der Waals surface area contributed by atoms with Crippen molar-refractivity contribution < 1.29 is 0 Å². The molecular weight excluding hydrogens is 240 g/mol. The lowest BCUT2D eigenvalue weighted by molar-refractivity contribution is 0.957. The van der Waals surface area contributed by atoms with Crippen LogP contribution in [0.2, 0.25) is 0 Å². The van der Waals surface area contributed by atoms with Crippen LogP contribution in [0.25, 0.3) is 0 Å². The Morgan fingerprint density at radius 1 is 0.733 bits per heavy atom. The summed E-state index contributed by atoms with van der Waals surface area (Å²) in [5.41, 5.74) is 0. The molecule has 0 amide bonds. The third-order valence-corrected chi connectivity index (χ3v) is 5.64. The van der Waals surface area contributed by atoms with Crippen molar-refractivity contribution in [1.29, 1.82) is 0 Å². The predicted octanol–water partition coefficient (Wildman–Crippen LogP) is 5.73. The van der Waals surface area contributed by atoms with Crippen LogP contribution in [0.15, 0.2) is 24.3 Å². The van der Waals surface area contributed by atoms with Gasteiger partial charge in [0.25, 0.3) is 0 Å². The summed E-state index contributed by atoms with van der Waals surface area (Å²) < 4.78 is 0. The number of rotatable bonds is 10. The van der Waals surface area contributed by atoms with Gasteiger partial charge in [-0.2, -0.15) is 0 Å². The van der Waals surface area contributed by atoms with Crippen molar-refractivity contribution in [3.63, 3.8) is 0 Å². The van der Waals surface area contributed by atoms with Gasteiger partial charge in [-0.15, -0.1) is 0 Å². The van der Waals surface area contributed by atoms with E-state index in [0.717, 1.165) is 11.5 Å². The van der Waals surface area contributed by atoms with E-state index in [1.54, 1.807) is 0 Å². The molecule has 0 unspecified atom stereocenters. The fourth-order valence-corrected chi connectivity index (χ4v) is 4.10. The third-order valence-electron chi connectivity index (χ3n) is 1.67. The first-order chi connectivity index (χ1) is 7.41. The second-order valence-electron chi connectivity index (χ2n) is 3.16. The van der Waals surface area contributed by atoms with E-state index in [-0.39, 0.29) is 0 Å². The Balaban J connectivity index is 3.04. The molecule has 0 atom stereocenters. The second kappa shape index (κ2) is 14.5. The zero-order chi connectivity index (χ0) is 11.2. The molecule has 15 heavy (non-hydrogen) atoms. The average Bonchev–Trinajstić information content (AvgIpc) is 2.26. The molecule has 88 valence electrons. The van der Waals surface area contributed by atoms with Crippen molar-refractivity contribution in [2.24, 2.45) is 0 Å². The van der Waals surface area contributed by atoms with Gasteiger partial charge in [0.05, 0.1) is 0 Å². The zero-order valence-corrected chi connectivity index (χ0v) is 12.2. The SMILES string of the molecule is CCC/C=C/CSSSC/C=C/CCC. The van der Waals surface area contributed by atoms with Gasteiger partial charge in [0, 0.05) is 11.5 Å². The number of allylic oxidation sites excluding steroid dienone is 2. The van der Waals surface area contributed by atoms with Crippen LogP contribution in [0.5, 0.6) is 0 Å². The lowest BCUT2D eigenvalue weighted by Gasteiger charge is -1.94. The van der Waals surface area contributed by atoms with Crippen LogP contribution in [0.1, 0.15) is 39.5 Å². The van der Waals surface area contributed by atoms with Crippen LogP contribution in [-0.4, -0.2) is 11.5 Å². The molecule has 0 aliphatic carbocycles. The van der Waals surface area contributed by atoms with Crippen molar-refractivity contribution >= 4 is 31.4 Å². The van der Waals surface area contributed by atoms with E-state index in [9.17, 15) is 0 Å². The number of hydrogen-bond donors (Lipinski definition) is 0. The van der Waals surface area contributed by atoms with Gasteiger partial charge in [0.2, 0.25) is 0 Å². The van der Waals surface area contributed by atoms with Crippen LogP contribution in [0.3, 0.4) is 0 Å². The van der Waals surface area contributed by atoms with Gasteiger partial charge in [0.1, 0.15) is 0 Å². The summed E-state index contributed by atoms with van der Waals surface area (Å²) in [7, 11) is 5.75. The highest BCUT2D eigenvalue weighted by Gasteiger charge is 1.86. The van der Waals surface area contributed by atoms with E-state index in [2.05, 4.69) is 38.2 Å². The third kappa shape index (κ3) is 14.5. The molecule has 0 bridgehead atoms. The fourth-order valence-electron chi connectivity index (χ4n) is 0.873. The van der Waals surface area contributed by atoms with Crippen molar-refractivity contribution in [2.75, 3.05) is 11.5 Å². The highest BCUT2D eigenvalue weighted by molar-refractivity contribution is 9.09. The molecule has 0 aromatic rings. The molecule has 0 radical (unpaired) electrons. The number of unbranched alkanes of at least 4 members (excludes halogenated alkanes) is 2. The zero-order valence-electron chi connectivity index (χ0n) is 9.78. The minimum atomic E-state index is 1.14. The molecule has 0 spiro atoms. The molecule has 3 heteroatoms. The van der Waals surface area contributed by atoms with E-state index in [1.807, 2.05) is 31.4 Å². The lowest BCUT2D eigenvalue weighted by Crippen LogP contribution is -1.68. The maximum Gasteiger partial charge on any atom is 0.0226 e. The van der Waals surface area contributed by atoms with Crippen molar-refractivity contribution in [3.8, 4) is 0 Å². The Bertz CT molecular complexity index is 146. The summed E-state index contributed by atoms with van der Waals surface area (Å²) in [4.78, 5) is 0. The van der Waals surface area contributed by atoms with Gasteiger partial charge < -0.3 is 0 Å². The van der Waals surface area contributed by atoms with Crippen LogP contribution in [0, 0.1) is 0 Å². The minimum absolute atomic E-state index is 1.14. The van der Waals surface area contributed by atoms with E-state index in [1.165, 1.54) is 25.7 Å². The summed E-state index contributed by atoms with van der Waals surface area (Å²) in [6.07, 6.45) is 14.1. The first-order valence-electron chi connectivity index (χ1n) is 5.62. The molecule has 0 saturated heterocycles. The molecular formula is C12H22S3. The lowest BCUT2D eigenvalue weighted by atomic mass is 10.3. The Kier molecular flexibility index (Phi) is 15.0. The largest absolute Gasteiger partial charge is 0.0877 e. The minimum Gasteiger partial charge on any atom is -0.0877 e. The van der Waals surface area contributed by atoms with Gasteiger partial charge in [0.15, 0.2) is 0 Å². The topological polar surface area (TPSA) is 0 Å². The molecule has 0 aliphatic heterocycles. The van der Waals surface area contributed by atoms with E-state index < -0.39 is 0 Å². The Labute approximate surface area is 107 Å². The summed E-state index contributed by atoms with van der Waals surface area (Å²) in [6, 6.07) is 0. The molecule has 0 N–H and O–H groups in total. The van der Waals surface area contributed by atoms with Crippen LogP contribution in [-0.2, 0) is 0 Å². The van der Waals surface area contributed by atoms with Gasteiger partial charge in [-0.1, -0.05) is 72.6 Å². The molecule has 0 saturated carbocycles. The predicted molar refractivity (Wildman–Crippen MR) is 80.6 cm³/mol. The normalized spacial score (nSPS) is 11.9. The molecule has 0 fully saturated rings. The first-order valence-corrected chi connectivity index (χ1v) is 9.45. The highest BCUT2D eigenvalue weighted by atomic mass is 33.5. The van der Waals surface area contributed by atoms with Gasteiger partial charge >= 0.3 is 0 Å². The van der Waals surface area contributed by atoms with Crippen molar-refractivity contribution in [3.05, 3.63) is 24.3 Å². The first kappa shape index (κ1) is 15.5. The monoisotopic (exact) mass is 262 g/mol. The van der Waals surface area contributed by atoms with E-state index >= 15 is 0 Å². The van der Waals surface area contributed by atoms with Gasteiger partial charge in [-0.05, 0) is 22.7 Å². The average molecular weight is 263 g/mol. The van der Waals surface area contributed by atoms with Gasteiger partial charge in [-0.3, -0.25) is 0 Å². The quantitative estimate of drug-likeness (QED) is 0.280. The maximum atomic E-state index is 2.28. The maximum absolute atomic E-state index is 2.28. The van der Waals surface area contributed by atoms with Crippen LogP contribution < -0.4 is 0 Å². The Morgan fingerprint density at radius 2 is 1.20 bits per heavy atom. The summed E-state index contributed by atoms with van der Waals surface area (Å²) in [5, 5.41) is 0.